The summed E-state index contributed by atoms with van der Waals surface area (Å²) in [6.45, 7) is 13.2. The van der Waals surface area contributed by atoms with Crippen LogP contribution in [0.5, 0.6) is 0 Å². The second-order valence-corrected chi connectivity index (χ2v) is 15.8. The lowest BCUT2D eigenvalue weighted by atomic mass is 10.0. The van der Waals surface area contributed by atoms with Gasteiger partial charge < -0.3 is 38.2 Å². The number of ether oxygens (including phenoxy) is 5. The van der Waals surface area contributed by atoms with Crippen LogP contribution in [0.1, 0.15) is 45.0 Å². The molecule has 9 atom stereocenters. The quantitative estimate of drug-likeness (QED) is 0.0667. The number of rotatable bonds is 21. The molecule has 0 aromatic carbocycles. The Morgan fingerprint density at radius 3 is 2.41 bits per heavy atom. The molecule has 6 unspecified atom stereocenters. The van der Waals surface area contributed by atoms with Crippen LogP contribution < -0.4 is 22.1 Å². The van der Waals surface area contributed by atoms with Crippen LogP contribution in [-0.2, 0) is 46.6 Å². The average Bonchev–Trinajstić information content (AvgIpc) is 3.85. The molecule has 3 aromatic heterocycles. The fourth-order valence-corrected chi connectivity index (χ4v) is 8.20. The molecule has 2 aliphatic rings. The third-order valence-corrected chi connectivity index (χ3v) is 11.4. The number of hydrogen-bond acceptors (Lipinski definition) is 16. The molecule has 1 saturated heterocycles. The van der Waals surface area contributed by atoms with Gasteiger partial charge in [-0.1, -0.05) is 20.8 Å². The van der Waals surface area contributed by atoms with Gasteiger partial charge >= 0.3 is 13.5 Å². The van der Waals surface area contributed by atoms with Gasteiger partial charge in [0.2, 0.25) is 18.4 Å². The molecule has 1 aliphatic heterocycles. The molecule has 4 N–H and O–H groups in total. The van der Waals surface area contributed by atoms with Gasteiger partial charge in [0.05, 0.1) is 51.5 Å². The number of aliphatic hydroxyl groups excluding tert-OH is 1. The molecule has 23 heteroatoms. The minimum absolute atomic E-state index is 0.0210. The van der Waals surface area contributed by atoms with Crippen LogP contribution in [0.25, 0.3) is 16.0 Å². The van der Waals surface area contributed by atoms with E-state index < -0.39 is 92.3 Å². The smallest absolute Gasteiger partial charge is 0.396 e. The van der Waals surface area contributed by atoms with Gasteiger partial charge in [-0.3, -0.25) is 47.8 Å². The van der Waals surface area contributed by atoms with Crippen molar-refractivity contribution >= 4 is 30.8 Å². The van der Waals surface area contributed by atoms with Crippen LogP contribution in [-0.4, -0.2) is 132 Å². The SMILES string of the molecule is [C-]#[N+]CCOP(=O)(OC[C@H]1O[C@@H](n2cc(C)c(=O)[nH]c2=O)C(OCCOC)[C@H]1C)OC1C(CO)CC(n2cnc3c(=O)[nH]c(NC(=O)C(C)C)nc32)C1OCCOC. The number of fused-ring (bicyclic) bond motifs is 1. The molecule has 22 nitrogen and oxygen atoms in total. The van der Waals surface area contributed by atoms with Crippen molar-refractivity contribution in [3.63, 3.8) is 0 Å². The van der Waals surface area contributed by atoms with Crippen LogP contribution in [0, 0.1) is 31.2 Å². The van der Waals surface area contributed by atoms with E-state index in [0.717, 1.165) is 0 Å². The average molecular weight is 839 g/mol. The third kappa shape index (κ3) is 10.3. The molecular weight excluding hydrogens is 787 g/mol. The molecule has 1 aliphatic carbocycles. The summed E-state index contributed by atoms with van der Waals surface area (Å²) in [7, 11) is -1.63. The van der Waals surface area contributed by atoms with Gasteiger partial charge in [-0.05, 0) is 13.3 Å². The maximum absolute atomic E-state index is 14.6. The standard InChI is InChI=1S/C35H51N8O14P/c1-19(2)30(45)39-34-38-29-25(32(47)40-34)37-18-43(29)23-14-22(16-44)27(28(23)53-13-11-51-7)57-58(49,54-9-8-36-5)55-17-24-21(4)26(52-12-10-50-6)33(56-24)42-15-20(3)31(46)41-35(42)48/h15,18-19,21-24,26-28,33,44H,8-14,16-17H2,1-4,6-7H3,(H,41,46,48)(H2,38,39,40,45,47)/t21-,22?,23?,24+,26?,27?,28?,33+,58?/m0/s1. The molecule has 320 valence electrons. The van der Waals surface area contributed by atoms with Gasteiger partial charge in [-0.2, -0.15) is 4.98 Å². The van der Waals surface area contributed by atoms with E-state index in [9.17, 15) is 28.8 Å². The molecule has 2 fully saturated rings. The topological polar surface area (TPSA) is 263 Å². The van der Waals surface area contributed by atoms with Crippen LogP contribution in [0.3, 0.4) is 0 Å². The third-order valence-electron chi connectivity index (χ3n) is 9.92. The highest BCUT2D eigenvalue weighted by molar-refractivity contribution is 7.48. The molecule has 3 aromatic rings. The zero-order valence-corrected chi connectivity index (χ0v) is 34.0. The lowest BCUT2D eigenvalue weighted by Gasteiger charge is -2.30. The van der Waals surface area contributed by atoms with E-state index in [4.69, 9.17) is 43.8 Å². The maximum Gasteiger partial charge on any atom is 0.475 e. The van der Waals surface area contributed by atoms with E-state index >= 15 is 0 Å². The van der Waals surface area contributed by atoms with Crippen molar-refractivity contribution in [1.82, 2.24) is 29.1 Å². The number of carbonyl (C=O) groups is 1. The number of aryl methyl sites for hydroxylation is 1. The molecule has 1 saturated carbocycles. The fourth-order valence-electron chi connectivity index (χ4n) is 6.78. The van der Waals surface area contributed by atoms with Crippen molar-refractivity contribution in [1.29, 1.82) is 0 Å². The second kappa shape index (κ2) is 20.2. The van der Waals surface area contributed by atoms with Crippen LogP contribution >= 0.6 is 7.82 Å². The fraction of sp³-hybridized carbons (Fsp3) is 0.686. The van der Waals surface area contributed by atoms with Crippen molar-refractivity contribution in [2.24, 2.45) is 17.8 Å². The van der Waals surface area contributed by atoms with Crippen molar-refractivity contribution < 1.29 is 51.7 Å². The Morgan fingerprint density at radius 1 is 1.05 bits per heavy atom. The van der Waals surface area contributed by atoms with E-state index in [-0.39, 0.29) is 74.6 Å². The molecule has 0 radical (unpaired) electrons. The lowest BCUT2D eigenvalue weighted by Crippen LogP contribution is -2.38. The summed E-state index contributed by atoms with van der Waals surface area (Å²) in [5.74, 6) is -2.09. The van der Waals surface area contributed by atoms with Crippen LogP contribution in [0.2, 0.25) is 0 Å². The van der Waals surface area contributed by atoms with E-state index in [1.807, 2.05) is 0 Å². The highest BCUT2D eigenvalue weighted by Gasteiger charge is 2.51. The summed E-state index contributed by atoms with van der Waals surface area (Å²) in [5.41, 5.74) is -1.53. The van der Waals surface area contributed by atoms with Gasteiger partial charge in [0.25, 0.3) is 11.1 Å². The van der Waals surface area contributed by atoms with E-state index in [1.165, 1.54) is 38.2 Å². The molecule has 5 rings (SSSR count). The zero-order chi connectivity index (χ0) is 42.1. The van der Waals surface area contributed by atoms with Crippen LogP contribution in [0.15, 0.2) is 26.9 Å². The monoisotopic (exact) mass is 838 g/mol. The number of anilines is 1. The lowest BCUT2D eigenvalue weighted by molar-refractivity contribution is -0.118. The molecular formula is C35H51N8O14P. The second-order valence-electron chi connectivity index (χ2n) is 14.2. The first kappa shape index (κ1) is 45.0. The zero-order valence-electron chi connectivity index (χ0n) is 33.2. The summed E-state index contributed by atoms with van der Waals surface area (Å²) >= 11 is 0. The van der Waals surface area contributed by atoms with Crippen molar-refractivity contribution in [2.75, 3.05) is 72.3 Å². The summed E-state index contributed by atoms with van der Waals surface area (Å²) in [4.78, 5) is 67.3. The highest BCUT2D eigenvalue weighted by atomic mass is 31.2. The Morgan fingerprint density at radius 2 is 1.76 bits per heavy atom. The van der Waals surface area contributed by atoms with Crippen molar-refractivity contribution in [2.45, 2.75) is 70.8 Å². The number of imidazole rings is 1. The minimum atomic E-state index is -4.62. The number of aromatic nitrogens is 6. The van der Waals surface area contributed by atoms with Gasteiger partial charge in [0, 0.05) is 50.3 Å². The first-order valence-electron chi connectivity index (χ1n) is 18.7. The predicted molar refractivity (Wildman–Crippen MR) is 204 cm³/mol. The first-order chi connectivity index (χ1) is 27.7. The Labute approximate surface area is 332 Å². The molecule has 0 bridgehead atoms. The number of phosphoric ester groups is 1. The Bertz CT molecular complexity index is 2130. The molecule has 0 spiro atoms. The Hall–Kier alpha value is -4.14. The van der Waals surface area contributed by atoms with Gasteiger partial charge in [-0.25, -0.2) is 20.9 Å². The Balaban J connectivity index is 1.45. The van der Waals surface area contributed by atoms with Gasteiger partial charge in [-0.15, -0.1) is 0 Å². The van der Waals surface area contributed by atoms with E-state index in [1.54, 1.807) is 25.3 Å². The molecule has 58 heavy (non-hydrogen) atoms. The maximum atomic E-state index is 14.6. The van der Waals surface area contributed by atoms with Gasteiger partial charge in [0.1, 0.15) is 24.9 Å². The Kier molecular flexibility index (Phi) is 15.7. The van der Waals surface area contributed by atoms with E-state index in [0.29, 0.717) is 0 Å². The number of amides is 1. The normalized spacial score (nSPS) is 25.6. The number of hydrogen-bond donors (Lipinski definition) is 4. The van der Waals surface area contributed by atoms with Crippen LogP contribution in [0.4, 0.5) is 5.95 Å². The highest BCUT2D eigenvalue weighted by Crippen LogP contribution is 2.55. The summed E-state index contributed by atoms with van der Waals surface area (Å²) < 4.78 is 64.2. The summed E-state index contributed by atoms with van der Waals surface area (Å²) in [6.07, 6.45) is -1.86. The van der Waals surface area contributed by atoms with Crippen molar-refractivity contribution in [3.8, 4) is 0 Å². The van der Waals surface area contributed by atoms with Crippen molar-refractivity contribution in [3.05, 3.63) is 60.7 Å². The number of aromatic amines is 2. The molecule has 1 amide bonds. The number of phosphoric acid groups is 1. The number of nitrogens with zero attached hydrogens (tertiary/aromatic N) is 5. The summed E-state index contributed by atoms with van der Waals surface area (Å²) in [6, 6.07) is -0.716. The number of nitrogens with one attached hydrogen (secondary N) is 3. The minimum Gasteiger partial charge on any atom is -0.396 e. The largest absolute Gasteiger partial charge is 0.475 e. The number of methoxy groups -OCH3 is 2. The van der Waals surface area contributed by atoms with E-state index in [2.05, 4.69) is 30.1 Å². The number of carbonyl (C=O) groups excluding carboxylic acids is 1. The first-order valence-corrected chi connectivity index (χ1v) is 20.2. The predicted octanol–water partition coefficient (Wildman–Crippen LogP) is 1.17. The molecule has 4 heterocycles. The summed E-state index contributed by atoms with van der Waals surface area (Å²) in [5, 5.41) is 13.2. The van der Waals surface area contributed by atoms with Gasteiger partial charge in [0.15, 0.2) is 17.4 Å². The number of H-pyrrole nitrogens is 2. The number of aliphatic hydroxyl groups is 1.